The Morgan fingerprint density at radius 2 is 2.18 bits per heavy atom. The van der Waals surface area contributed by atoms with Gasteiger partial charge in [-0.1, -0.05) is 12.7 Å². The molecule has 1 rings (SSSR count). The van der Waals surface area contributed by atoms with E-state index in [0.717, 1.165) is 26.1 Å². The second-order valence-corrected chi connectivity index (χ2v) is 4.74. The summed E-state index contributed by atoms with van der Waals surface area (Å²) in [6.07, 6.45) is 4.98. The summed E-state index contributed by atoms with van der Waals surface area (Å²) >= 11 is 3.13. The Morgan fingerprint density at radius 3 is 2.71 bits per heavy atom. The summed E-state index contributed by atoms with van der Waals surface area (Å²) in [6.45, 7) is 7.37. The molecule has 0 amide bonds. The number of hydrogen-bond acceptors (Lipinski definition) is 2. The van der Waals surface area contributed by atoms with Crippen LogP contribution < -0.4 is 0 Å². The van der Waals surface area contributed by atoms with Crippen LogP contribution >= 0.6 is 15.9 Å². The van der Waals surface area contributed by atoms with Gasteiger partial charge in [-0.15, -0.1) is 0 Å². The van der Waals surface area contributed by atoms with E-state index in [-0.39, 0.29) is 5.76 Å². The van der Waals surface area contributed by atoms with Gasteiger partial charge in [0.1, 0.15) is 0 Å². The van der Waals surface area contributed by atoms with Crippen LogP contribution in [0.3, 0.4) is 0 Å². The van der Waals surface area contributed by atoms with Crippen LogP contribution in [0.2, 0.25) is 0 Å². The normalized spacial score (nSPS) is 19.8. The molecule has 0 aromatic heterocycles. The highest BCUT2D eigenvalue weighted by Gasteiger charge is 2.16. The van der Waals surface area contributed by atoms with Crippen molar-refractivity contribution >= 4 is 15.9 Å². The zero-order valence-corrected chi connectivity index (χ0v) is 11.6. The Balaban J connectivity index is 2.54. The summed E-state index contributed by atoms with van der Waals surface area (Å²) in [5.41, 5.74) is 0. The third kappa shape index (κ3) is 4.64. The first kappa shape index (κ1) is 14.5. The van der Waals surface area contributed by atoms with Gasteiger partial charge in [-0.25, -0.2) is 4.39 Å². The molecule has 0 aliphatic carbocycles. The van der Waals surface area contributed by atoms with Crippen molar-refractivity contribution < 1.29 is 13.9 Å². The van der Waals surface area contributed by atoms with Crippen molar-refractivity contribution in [1.29, 1.82) is 0 Å². The number of halogens is 2. The maximum absolute atomic E-state index is 13.8. The highest BCUT2D eigenvalue weighted by Crippen LogP contribution is 2.24. The minimum atomic E-state index is -0.408. The minimum absolute atomic E-state index is 0.196. The largest absolute Gasteiger partial charge is 0.490 e. The lowest BCUT2D eigenvalue weighted by Crippen LogP contribution is -2.20. The Morgan fingerprint density at radius 1 is 1.53 bits per heavy atom. The van der Waals surface area contributed by atoms with Gasteiger partial charge in [0.2, 0.25) is 0 Å². The highest BCUT2D eigenvalue weighted by molar-refractivity contribution is 9.11. The molecule has 1 saturated heterocycles. The van der Waals surface area contributed by atoms with Crippen molar-refractivity contribution in [2.45, 2.75) is 19.8 Å². The van der Waals surface area contributed by atoms with E-state index < -0.39 is 5.83 Å². The lowest BCUT2D eigenvalue weighted by molar-refractivity contribution is 0.0380. The van der Waals surface area contributed by atoms with Crippen molar-refractivity contribution in [3.05, 3.63) is 34.8 Å². The monoisotopic (exact) mass is 304 g/mol. The van der Waals surface area contributed by atoms with Crippen molar-refractivity contribution in [2.24, 2.45) is 5.92 Å². The van der Waals surface area contributed by atoms with Crippen molar-refractivity contribution in [2.75, 3.05) is 19.8 Å². The van der Waals surface area contributed by atoms with Gasteiger partial charge < -0.3 is 9.47 Å². The van der Waals surface area contributed by atoms with Gasteiger partial charge in [0.15, 0.2) is 11.6 Å². The molecule has 0 aromatic carbocycles. The van der Waals surface area contributed by atoms with Crippen molar-refractivity contribution in [1.82, 2.24) is 0 Å². The van der Waals surface area contributed by atoms with Crippen molar-refractivity contribution in [3.63, 3.8) is 0 Å². The molecule has 0 saturated carbocycles. The van der Waals surface area contributed by atoms with E-state index in [1.807, 2.05) is 0 Å². The summed E-state index contributed by atoms with van der Waals surface area (Å²) in [4.78, 5) is 0. The summed E-state index contributed by atoms with van der Waals surface area (Å²) in [7, 11) is 0. The average Bonchev–Trinajstić information content (AvgIpc) is 2.39. The molecule has 2 nitrogen and oxygen atoms in total. The van der Waals surface area contributed by atoms with Gasteiger partial charge in [-0.2, -0.15) is 0 Å². The first-order valence-corrected chi connectivity index (χ1v) is 6.53. The fourth-order valence-corrected chi connectivity index (χ4v) is 1.77. The van der Waals surface area contributed by atoms with Crippen LogP contribution in [0, 0.1) is 5.92 Å². The number of ether oxygens (including phenoxy) is 2. The van der Waals surface area contributed by atoms with E-state index in [2.05, 4.69) is 22.5 Å². The third-order valence-corrected chi connectivity index (χ3v) is 3.49. The van der Waals surface area contributed by atoms with Crippen LogP contribution in [0.4, 0.5) is 4.39 Å². The molecule has 17 heavy (non-hydrogen) atoms. The Kier molecular flexibility index (Phi) is 6.52. The number of hydrogen-bond donors (Lipinski definition) is 0. The zero-order valence-electron chi connectivity index (χ0n) is 10.0. The third-order valence-electron chi connectivity index (χ3n) is 2.68. The van der Waals surface area contributed by atoms with Gasteiger partial charge in [0.05, 0.1) is 11.1 Å². The first-order valence-electron chi connectivity index (χ1n) is 5.74. The maximum Gasteiger partial charge on any atom is 0.178 e. The number of allylic oxidation sites excluding steroid dienone is 4. The van der Waals surface area contributed by atoms with Crippen LogP contribution in [0.25, 0.3) is 0 Å². The fourth-order valence-electron chi connectivity index (χ4n) is 1.58. The van der Waals surface area contributed by atoms with Gasteiger partial charge >= 0.3 is 0 Å². The Labute approximate surface area is 110 Å². The van der Waals surface area contributed by atoms with E-state index >= 15 is 0 Å². The van der Waals surface area contributed by atoms with Crippen LogP contribution in [0.15, 0.2) is 34.8 Å². The number of rotatable bonds is 5. The van der Waals surface area contributed by atoms with E-state index in [9.17, 15) is 4.39 Å². The molecular weight excluding hydrogens is 287 g/mol. The summed E-state index contributed by atoms with van der Waals surface area (Å²) in [6, 6.07) is 0. The fraction of sp³-hybridized carbons (Fsp3) is 0.538. The summed E-state index contributed by atoms with van der Waals surface area (Å²) in [5, 5.41) is 0. The summed E-state index contributed by atoms with van der Waals surface area (Å²) < 4.78 is 24.9. The molecule has 0 bridgehead atoms. The molecule has 0 unspecified atom stereocenters. The zero-order chi connectivity index (χ0) is 12.7. The van der Waals surface area contributed by atoms with Gasteiger partial charge in [0, 0.05) is 13.2 Å². The lowest BCUT2D eigenvalue weighted by Gasteiger charge is -2.22. The van der Waals surface area contributed by atoms with Crippen molar-refractivity contribution in [3.8, 4) is 0 Å². The molecule has 1 fully saturated rings. The predicted molar refractivity (Wildman–Crippen MR) is 70.5 cm³/mol. The van der Waals surface area contributed by atoms with Crippen LogP contribution in [0.1, 0.15) is 19.8 Å². The van der Waals surface area contributed by atoms with Gasteiger partial charge in [0.25, 0.3) is 0 Å². The van der Waals surface area contributed by atoms with E-state index in [0.29, 0.717) is 17.0 Å². The highest BCUT2D eigenvalue weighted by atomic mass is 79.9. The maximum atomic E-state index is 13.8. The molecule has 0 spiro atoms. The van der Waals surface area contributed by atoms with E-state index in [1.165, 1.54) is 6.08 Å². The topological polar surface area (TPSA) is 18.5 Å². The van der Waals surface area contributed by atoms with Crippen LogP contribution in [-0.4, -0.2) is 19.8 Å². The quantitative estimate of drug-likeness (QED) is 0.562. The minimum Gasteiger partial charge on any atom is -0.490 e. The van der Waals surface area contributed by atoms with Crippen LogP contribution in [-0.2, 0) is 9.47 Å². The molecule has 0 N–H and O–H groups in total. The molecule has 0 radical (unpaired) electrons. The second kappa shape index (κ2) is 7.67. The van der Waals surface area contributed by atoms with Gasteiger partial charge in [-0.05, 0) is 47.7 Å². The predicted octanol–water partition coefficient (Wildman–Crippen LogP) is 4.10. The second-order valence-electron chi connectivity index (χ2n) is 3.89. The molecule has 1 aliphatic heterocycles. The molecular formula is C13H18BrFO2. The van der Waals surface area contributed by atoms with E-state index in [1.54, 1.807) is 13.0 Å². The van der Waals surface area contributed by atoms with Crippen LogP contribution in [0.5, 0.6) is 0 Å². The van der Waals surface area contributed by atoms with Gasteiger partial charge in [-0.3, -0.25) is 0 Å². The molecule has 0 atom stereocenters. The molecule has 1 heterocycles. The molecule has 0 aromatic rings. The molecule has 96 valence electrons. The first-order chi connectivity index (χ1) is 8.19. The Hall–Kier alpha value is -0.610. The average molecular weight is 305 g/mol. The standard InChI is InChI=1S/C13H18BrFO2/c1-3-11(14)13(15)12(4-2)17-9-10-5-7-16-8-6-10/h3-4,10H,2,5-9H2,1H3/b11-3-,13-12-. The lowest BCUT2D eigenvalue weighted by atomic mass is 10.0. The summed E-state index contributed by atoms with van der Waals surface area (Å²) in [5.74, 6) is 0.229. The molecule has 4 heteroatoms. The Bertz CT molecular complexity index is 317. The van der Waals surface area contributed by atoms with E-state index in [4.69, 9.17) is 9.47 Å². The molecule has 1 aliphatic rings. The smallest absolute Gasteiger partial charge is 0.178 e. The SMILES string of the molecule is C=C/C(OCC1CCOCC1)=C(F)\C(Br)=C\C.